The Morgan fingerprint density at radius 1 is 1.28 bits per heavy atom. The van der Waals surface area contributed by atoms with E-state index >= 15 is 0 Å². The molecular weight excluding hydrogens is 224 g/mol. The second-order valence-electron chi connectivity index (χ2n) is 5.12. The topological polar surface area (TPSA) is 28.4 Å². The Kier molecular flexibility index (Phi) is 4.04. The first-order valence-electron chi connectivity index (χ1n) is 6.42. The Labute approximate surface area is 109 Å². The molecule has 1 unspecified atom stereocenters. The lowest BCUT2D eigenvalue weighted by Crippen LogP contribution is -2.22. The maximum Gasteiger partial charge on any atom is 0.134 e. The van der Waals surface area contributed by atoms with Crippen molar-refractivity contribution in [3.63, 3.8) is 0 Å². The van der Waals surface area contributed by atoms with Crippen molar-refractivity contribution in [2.75, 3.05) is 27.7 Å². The van der Waals surface area contributed by atoms with Crippen LogP contribution in [0.25, 0.3) is 11.0 Å². The second-order valence-corrected chi connectivity index (χ2v) is 5.12. The smallest absolute Gasteiger partial charge is 0.134 e. The molecule has 3 nitrogen and oxygen atoms in total. The zero-order valence-electron chi connectivity index (χ0n) is 11.7. The zero-order chi connectivity index (χ0) is 13.1. The van der Waals surface area contributed by atoms with E-state index in [0.717, 1.165) is 24.3 Å². The molecule has 0 bridgehead atoms. The van der Waals surface area contributed by atoms with Crippen molar-refractivity contribution in [2.24, 2.45) is 0 Å². The molecule has 1 heterocycles. The summed E-state index contributed by atoms with van der Waals surface area (Å²) < 4.78 is 5.93. The van der Waals surface area contributed by atoms with Gasteiger partial charge in [-0.1, -0.05) is 11.6 Å². The number of aryl methyl sites for hydroxylation is 1. The van der Waals surface area contributed by atoms with E-state index in [2.05, 4.69) is 49.4 Å². The number of hydrogen-bond acceptors (Lipinski definition) is 3. The summed E-state index contributed by atoms with van der Waals surface area (Å²) in [7, 11) is 6.17. The van der Waals surface area contributed by atoms with Crippen LogP contribution in [-0.4, -0.2) is 32.6 Å². The van der Waals surface area contributed by atoms with Crippen LogP contribution in [0.3, 0.4) is 0 Å². The molecule has 0 fully saturated rings. The van der Waals surface area contributed by atoms with Gasteiger partial charge in [-0.15, -0.1) is 0 Å². The van der Waals surface area contributed by atoms with Gasteiger partial charge in [0.15, 0.2) is 0 Å². The van der Waals surface area contributed by atoms with E-state index in [-0.39, 0.29) is 6.04 Å². The molecule has 1 aromatic carbocycles. The molecule has 0 aliphatic carbocycles. The van der Waals surface area contributed by atoms with Gasteiger partial charge < -0.3 is 14.6 Å². The Morgan fingerprint density at radius 3 is 2.72 bits per heavy atom. The molecule has 0 amide bonds. The normalized spacial score (nSPS) is 13.4. The van der Waals surface area contributed by atoms with E-state index in [1.54, 1.807) is 0 Å². The maximum atomic E-state index is 5.93. The minimum atomic E-state index is 0.278. The van der Waals surface area contributed by atoms with Gasteiger partial charge >= 0.3 is 0 Å². The van der Waals surface area contributed by atoms with Crippen molar-refractivity contribution < 1.29 is 4.42 Å². The molecule has 1 atom stereocenters. The first-order valence-corrected chi connectivity index (χ1v) is 6.42. The summed E-state index contributed by atoms with van der Waals surface area (Å²) in [5.74, 6) is 1.03. The summed E-state index contributed by atoms with van der Waals surface area (Å²) in [6, 6.07) is 8.73. The maximum absolute atomic E-state index is 5.93. The SMILES string of the molecule is CNC(CCN(C)C)c1cc2cc(C)ccc2o1. The highest BCUT2D eigenvalue weighted by Crippen LogP contribution is 2.26. The minimum Gasteiger partial charge on any atom is -0.459 e. The van der Waals surface area contributed by atoms with Gasteiger partial charge in [0.25, 0.3) is 0 Å². The fourth-order valence-corrected chi connectivity index (χ4v) is 2.17. The van der Waals surface area contributed by atoms with Crippen molar-refractivity contribution >= 4 is 11.0 Å². The third-order valence-corrected chi connectivity index (χ3v) is 3.25. The van der Waals surface area contributed by atoms with Gasteiger partial charge in [-0.2, -0.15) is 0 Å². The molecule has 0 radical (unpaired) electrons. The van der Waals surface area contributed by atoms with Crippen LogP contribution in [0.4, 0.5) is 0 Å². The van der Waals surface area contributed by atoms with Crippen LogP contribution in [-0.2, 0) is 0 Å². The van der Waals surface area contributed by atoms with E-state index < -0.39 is 0 Å². The first kappa shape index (κ1) is 13.1. The molecule has 3 heteroatoms. The van der Waals surface area contributed by atoms with Crippen LogP contribution in [0.5, 0.6) is 0 Å². The van der Waals surface area contributed by atoms with Gasteiger partial charge in [0.1, 0.15) is 11.3 Å². The number of benzene rings is 1. The molecule has 0 aliphatic rings. The number of nitrogens with one attached hydrogen (secondary N) is 1. The average Bonchev–Trinajstić information content (AvgIpc) is 2.72. The second kappa shape index (κ2) is 5.55. The number of hydrogen-bond donors (Lipinski definition) is 1. The van der Waals surface area contributed by atoms with E-state index in [0.29, 0.717) is 0 Å². The Hall–Kier alpha value is -1.32. The molecule has 0 saturated heterocycles. The van der Waals surface area contributed by atoms with Crippen molar-refractivity contribution in [3.8, 4) is 0 Å². The lowest BCUT2D eigenvalue weighted by atomic mass is 10.1. The number of nitrogens with zero attached hydrogens (tertiary/aromatic N) is 1. The third kappa shape index (κ3) is 2.92. The van der Waals surface area contributed by atoms with Crippen LogP contribution >= 0.6 is 0 Å². The predicted molar refractivity (Wildman–Crippen MR) is 75.9 cm³/mol. The summed E-state index contributed by atoms with van der Waals surface area (Å²) in [6.07, 6.45) is 1.04. The lowest BCUT2D eigenvalue weighted by Gasteiger charge is -2.16. The lowest BCUT2D eigenvalue weighted by molar-refractivity contribution is 0.346. The molecule has 0 saturated carbocycles. The molecule has 2 rings (SSSR count). The van der Waals surface area contributed by atoms with Crippen LogP contribution in [0.2, 0.25) is 0 Å². The van der Waals surface area contributed by atoms with Gasteiger partial charge in [0.05, 0.1) is 6.04 Å². The van der Waals surface area contributed by atoms with E-state index in [9.17, 15) is 0 Å². The van der Waals surface area contributed by atoms with Crippen LogP contribution < -0.4 is 5.32 Å². The van der Waals surface area contributed by atoms with Crippen LogP contribution in [0, 0.1) is 6.92 Å². The zero-order valence-corrected chi connectivity index (χ0v) is 11.7. The highest BCUT2D eigenvalue weighted by Gasteiger charge is 2.14. The highest BCUT2D eigenvalue weighted by atomic mass is 16.3. The molecule has 18 heavy (non-hydrogen) atoms. The van der Waals surface area contributed by atoms with Crippen molar-refractivity contribution in [1.29, 1.82) is 0 Å². The third-order valence-electron chi connectivity index (χ3n) is 3.25. The predicted octanol–water partition coefficient (Wildman–Crippen LogP) is 2.95. The van der Waals surface area contributed by atoms with Gasteiger partial charge in [-0.25, -0.2) is 0 Å². The van der Waals surface area contributed by atoms with Crippen LogP contribution in [0.15, 0.2) is 28.7 Å². The fourth-order valence-electron chi connectivity index (χ4n) is 2.17. The fraction of sp³-hybridized carbons (Fsp3) is 0.467. The molecule has 98 valence electrons. The van der Waals surface area contributed by atoms with Gasteiger partial charge in [-0.3, -0.25) is 0 Å². The summed E-state index contributed by atoms with van der Waals surface area (Å²) in [5, 5.41) is 4.52. The minimum absolute atomic E-state index is 0.278. The van der Waals surface area contributed by atoms with Crippen molar-refractivity contribution in [1.82, 2.24) is 10.2 Å². The van der Waals surface area contributed by atoms with Crippen LogP contribution in [0.1, 0.15) is 23.8 Å². The molecule has 2 aromatic rings. The Morgan fingerprint density at radius 2 is 2.06 bits per heavy atom. The van der Waals surface area contributed by atoms with Gasteiger partial charge in [0, 0.05) is 5.39 Å². The van der Waals surface area contributed by atoms with E-state index in [1.165, 1.54) is 10.9 Å². The molecule has 1 N–H and O–H groups in total. The molecule has 1 aromatic heterocycles. The number of furan rings is 1. The van der Waals surface area contributed by atoms with Crippen molar-refractivity contribution in [2.45, 2.75) is 19.4 Å². The average molecular weight is 246 g/mol. The highest BCUT2D eigenvalue weighted by molar-refractivity contribution is 5.78. The number of fused-ring (bicyclic) bond motifs is 1. The molecule has 0 spiro atoms. The van der Waals surface area contributed by atoms with Gasteiger partial charge in [0.2, 0.25) is 0 Å². The summed E-state index contributed by atoms with van der Waals surface area (Å²) >= 11 is 0. The molecule has 0 aliphatic heterocycles. The standard InChI is InChI=1S/C15H22N2O/c1-11-5-6-14-12(9-11)10-15(18-14)13(16-2)7-8-17(3)4/h5-6,9-10,13,16H,7-8H2,1-4H3. The van der Waals surface area contributed by atoms with E-state index in [4.69, 9.17) is 4.42 Å². The molecular formula is C15H22N2O. The monoisotopic (exact) mass is 246 g/mol. The van der Waals surface area contributed by atoms with E-state index in [1.807, 2.05) is 13.1 Å². The Bertz CT molecular complexity index is 516. The summed E-state index contributed by atoms with van der Waals surface area (Å²) in [5.41, 5.74) is 2.24. The Balaban J connectivity index is 2.22. The van der Waals surface area contributed by atoms with Crippen molar-refractivity contribution in [3.05, 3.63) is 35.6 Å². The first-order chi connectivity index (χ1) is 8.60. The number of rotatable bonds is 5. The summed E-state index contributed by atoms with van der Waals surface area (Å²) in [6.45, 7) is 3.15. The summed E-state index contributed by atoms with van der Waals surface area (Å²) in [4.78, 5) is 2.19. The largest absolute Gasteiger partial charge is 0.459 e. The van der Waals surface area contributed by atoms with Gasteiger partial charge in [-0.05, 0) is 59.2 Å². The quantitative estimate of drug-likeness (QED) is 0.879.